The van der Waals surface area contributed by atoms with Gasteiger partial charge in [0, 0.05) is 22.3 Å². The second kappa shape index (κ2) is 5.77. The molecule has 7 heteroatoms. The molecule has 0 rings (SSSR count). The van der Waals surface area contributed by atoms with E-state index in [1.807, 2.05) is 0 Å². The van der Waals surface area contributed by atoms with Gasteiger partial charge in [0.05, 0.1) is 16.9 Å². The van der Waals surface area contributed by atoms with Gasteiger partial charge in [-0.3, -0.25) is 9.00 Å². The third-order valence-electron chi connectivity index (χ3n) is 2.06. The highest BCUT2D eigenvalue weighted by molar-refractivity contribution is 7.94. The molecule has 0 spiro atoms. The predicted molar refractivity (Wildman–Crippen MR) is 63.7 cm³/mol. The fraction of sp³-hybridized carbons (Fsp3) is 0.889. The molecule has 1 atom stereocenters. The normalized spacial score (nSPS) is 14.7. The minimum absolute atomic E-state index is 0.00683. The first-order valence-electron chi connectivity index (χ1n) is 4.85. The molecule has 0 aromatic rings. The first-order chi connectivity index (χ1) is 7.06. The van der Waals surface area contributed by atoms with Crippen molar-refractivity contribution < 1.29 is 22.5 Å². The molecule has 0 bridgehead atoms. The minimum atomic E-state index is -3.27. The van der Waals surface area contributed by atoms with Crippen molar-refractivity contribution in [3.63, 3.8) is 0 Å². The van der Waals surface area contributed by atoms with Crippen LogP contribution in [0.4, 0.5) is 0 Å². The van der Waals surface area contributed by atoms with Gasteiger partial charge in [0.15, 0.2) is 9.84 Å². The van der Waals surface area contributed by atoms with Crippen LogP contribution in [-0.4, -0.2) is 45.7 Å². The predicted octanol–water partition coefficient (Wildman–Crippen LogP) is 0.423. The summed E-state index contributed by atoms with van der Waals surface area (Å²) in [5.74, 6) is -1.17. The molecule has 0 fully saturated rings. The Morgan fingerprint density at radius 3 is 2.12 bits per heavy atom. The van der Waals surface area contributed by atoms with Crippen LogP contribution in [0.25, 0.3) is 0 Å². The molecule has 1 N–H and O–H groups in total. The molecule has 16 heavy (non-hydrogen) atoms. The van der Waals surface area contributed by atoms with Crippen molar-refractivity contribution in [2.24, 2.45) is 0 Å². The van der Waals surface area contributed by atoms with Gasteiger partial charge in [-0.15, -0.1) is 0 Å². The Morgan fingerprint density at radius 2 is 1.75 bits per heavy atom. The average molecular weight is 270 g/mol. The fourth-order valence-corrected chi connectivity index (χ4v) is 3.65. The second-order valence-corrected chi connectivity index (χ2v) is 8.98. The Balaban J connectivity index is 4.17. The summed E-state index contributed by atoms with van der Waals surface area (Å²) in [5.41, 5.74) is 0. The molecule has 0 aromatic carbocycles. The number of hydrogen-bond donors (Lipinski definition) is 1. The Kier molecular flexibility index (Phi) is 5.61. The zero-order chi connectivity index (χ0) is 13.0. The number of sulfone groups is 1. The van der Waals surface area contributed by atoms with E-state index in [1.165, 1.54) is 0 Å². The fourth-order valence-electron chi connectivity index (χ4n) is 0.812. The van der Waals surface area contributed by atoms with Gasteiger partial charge in [-0.25, -0.2) is 8.42 Å². The lowest BCUT2D eigenvalue weighted by molar-refractivity contribution is -0.136. The summed E-state index contributed by atoms with van der Waals surface area (Å²) in [7, 11) is -4.65. The summed E-state index contributed by atoms with van der Waals surface area (Å²) in [6, 6.07) is 0. The van der Waals surface area contributed by atoms with E-state index in [9.17, 15) is 17.4 Å². The van der Waals surface area contributed by atoms with Crippen LogP contribution >= 0.6 is 0 Å². The zero-order valence-electron chi connectivity index (χ0n) is 9.73. The van der Waals surface area contributed by atoms with Crippen LogP contribution in [0.3, 0.4) is 0 Å². The molecule has 0 aliphatic heterocycles. The molecule has 0 saturated carbocycles. The van der Waals surface area contributed by atoms with Crippen LogP contribution in [0.15, 0.2) is 0 Å². The van der Waals surface area contributed by atoms with E-state index in [0.717, 1.165) is 0 Å². The number of rotatable bonds is 6. The van der Waals surface area contributed by atoms with Gasteiger partial charge in [-0.1, -0.05) is 0 Å². The first kappa shape index (κ1) is 15.6. The summed E-state index contributed by atoms with van der Waals surface area (Å²) >= 11 is 0. The lowest BCUT2D eigenvalue weighted by atomic mass is 10.3. The van der Waals surface area contributed by atoms with E-state index in [2.05, 4.69) is 0 Å². The van der Waals surface area contributed by atoms with Crippen molar-refractivity contribution in [2.45, 2.75) is 31.9 Å². The zero-order valence-corrected chi connectivity index (χ0v) is 11.4. The summed E-state index contributed by atoms with van der Waals surface area (Å²) in [5, 5.41) is 8.37. The minimum Gasteiger partial charge on any atom is -0.481 e. The smallest absolute Gasteiger partial charge is 0.304 e. The molecule has 0 amide bonds. The number of carbonyl (C=O) groups is 1. The van der Waals surface area contributed by atoms with Crippen LogP contribution in [0.2, 0.25) is 0 Å². The standard InChI is InChI=1S/C9H18O5S2/c1-9(2,3)16(13,14)7-6-15(12)5-4-8(10)11/h4-7H2,1-3H3,(H,10,11). The summed E-state index contributed by atoms with van der Waals surface area (Å²) in [6.45, 7) is 4.76. The molecule has 96 valence electrons. The third kappa shape index (κ3) is 5.60. The Morgan fingerprint density at radius 1 is 1.25 bits per heavy atom. The van der Waals surface area contributed by atoms with Gasteiger partial charge in [0.25, 0.3) is 0 Å². The van der Waals surface area contributed by atoms with Crippen molar-refractivity contribution in [1.82, 2.24) is 0 Å². The van der Waals surface area contributed by atoms with Crippen LogP contribution in [0.1, 0.15) is 27.2 Å². The lowest BCUT2D eigenvalue weighted by Gasteiger charge is -2.18. The first-order valence-corrected chi connectivity index (χ1v) is 7.99. The van der Waals surface area contributed by atoms with E-state index in [-0.39, 0.29) is 23.7 Å². The number of hydrogen-bond acceptors (Lipinski definition) is 4. The Bertz CT molecular complexity index is 364. The largest absolute Gasteiger partial charge is 0.481 e. The molecular weight excluding hydrogens is 252 g/mol. The van der Waals surface area contributed by atoms with Gasteiger partial charge < -0.3 is 5.11 Å². The maximum Gasteiger partial charge on any atom is 0.304 e. The molecule has 0 aliphatic carbocycles. The van der Waals surface area contributed by atoms with Crippen molar-refractivity contribution >= 4 is 26.6 Å². The van der Waals surface area contributed by atoms with Gasteiger partial charge in [-0.2, -0.15) is 0 Å². The highest BCUT2D eigenvalue weighted by atomic mass is 32.2. The summed E-state index contributed by atoms with van der Waals surface area (Å²) < 4.78 is 33.7. The van der Waals surface area contributed by atoms with E-state index < -0.39 is 31.4 Å². The molecule has 5 nitrogen and oxygen atoms in total. The number of carboxylic acid groups (broad SMARTS) is 1. The molecule has 0 radical (unpaired) electrons. The molecular formula is C9H18O5S2. The second-order valence-electron chi connectivity index (χ2n) is 4.42. The van der Waals surface area contributed by atoms with Crippen molar-refractivity contribution in [3.8, 4) is 0 Å². The average Bonchev–Trinajstić information content (AvgIpc) is 2.09. The highest BCUT2D eigenvalue weighted by Crippen LogP contribution is 2.15. The van der Waals surface area contributed by atoms with Crippen LogP contribution in [-0.2, 0) is 25.4 Å². The maximum absolute atomic E-state index is 11.6. The van der Waals surface area contributed by atoms with Gasteiger partial charge in [-0.05, 0) is 20.8 Å². The number of aliphatic carboxylic acids is 1. The SMILES string of the molecule is CC(C)(C)S(=O)(=O)CCS(=O)CCC(=O)O. The molecule has 0 saturated heterocycles. The van der Waals surface area contributed by atoms with Gasteiger partial charge in [0.2, 0.25) is 0 Å². The Labute approximate surface area is 98.6 Å². The van der Waals surface area contributed by atoms with E-state index >= 15 is 0 Å². The van der Waals surface area contributed by atoms with Crippen molar-refractivity contribution in [2.75, 3.05) is 17.3 Å². The van der Waals surface area contributed by atoms with Crippen LogP contribution in [0.5, 0.6) is 0 Å². The molecule has 0 aromatic heterocycles. The summed E-state index contributed by atoms with van der Waals surface area (Å²) in [6.07, 6.45) is -0.192. The van der Waals surface area contributed by atoms with Gasteiger partial charge >= 0.3 is 5.97 Å². The summed E-state index contributed by atoms with van der Waals surface area (Å²) in [4.78, 5) is 10.2. The number of carboxylic acids is 1. The van der Waals surface area contributed by atoms with Gasteiger partial charge in [0.1, 0.15) is 0 Å². The molecule has 0 heterocycles. The van der Waals surface area contributed by atoms with E-state index in [1.54, 1.807) is 20.8 Å². The lowest BCUT2D eigenvalue weighted by Crippen LogP contribution is -2.32. The molecule has 1 unspecified atom stereocenters. The Hall–Kier alpha value is -0.430. The van der Waals surface area contributed by atoms with Crippen molar-refractivity contribution in [1.29, 1.82) is 0 Å². The monoisotopic (exact) mass is 270 g/mol. The van der Waals surface area contributed by atoms with E-state index in [4.69, 9.17) is 5.11 Å². The van der Waals surface area contributed by atoms with E-state index in [0.29, 0.717) is 0 Å². The van der Waals surface area contributed by atoms with Crippen LogP contribution < -0.4 is 0 Å². The highest BCUT2D eigenvalue weighted by Gasteiger charge is 2.28. The third-order valence-corrected chi connectivity index (χ3v) is 6.24. The quantitative estimate of drug-likeness (QED) is 0.755. The molecule has 0 aliphatic rings. The maximum atomic E-state index is 11.6. The van der Waals surface area contributed by atoms with Crippen molar-refractivity contribution in [3.05, 3.63) is 0 Å². The van der Waals surface area contributed by atoms with Crippen LogP contribution in [0, 0.1) is 0 Å². The topological polar surface area (TPSA) is 88.5 Å².